The van der Waals surface area contributed by atoms with E-state index in [4.69, 9.17) is 34.5 Å². The highest BCUT2D eigenvalue weighted by Gasteiger charge is 2.41. The molecule has 164 valence electrons. The Labute approximate surface area is 182 Å². The second-order valence-electron chi connectivity index (χ2n) is 7.27. The van der Waals surface area contributed by atoms with Gasteiger partial charge in [0, 0.05) is 0 Å². The Hall–Kier alpha value is -0.660. The minimum absolute atomic E-state index is 0.0771. The lowest BCUT2D eigenvalue weighted by Gasteiger charge is -2.34. The van der Waals surface area contributed by atoms with Crippen molar-refractivity contribution < 1.29 is 23.0 Å². The molecule has 5 nitrogen and oxygen atoms in total. The monoisotopic (exact) mass is 434 g/mol. The molecule has 1 unspecified atom stereocenters. The second-order valence-corrected chi connectivity index (χ2v) is 8.45. The zero-order chi connectivity index (χ0) is 21.4. The number of hydrogen-bond donors (Lipinski definition) is 1. The minimum atomic E-state index is -0.799. The molecule has 0 N–H and O–H groups in total. The predicted molar refractivity (Wildman–Crippen MR) is 121 cm³/mol. The Morgan fingerprint density at radius 3 is 1.79 bits per heavy atom. The van der Waals surface area contributed by atoms with Crippen molar-refractivity contribution in [2.24, 2.45) is 5.92 Å². The first-order chi connectivity index (χ1) is 13.4. The number of thiocarbonyl (C=S) groups is 1. The number of unbranched alkanes of at least 4 members (excludes halogenated alkanes) is 4. The van der Waals surface area contributed by atoms with Gasteiger partial charge in [-0.25, -0.2) is 3.89 Å². The molecule has 0 saturated heterocycles. The molecule has 28 heavy (non-hydrogen) atoms. The summed E-state index contributed by atoms with van der Waals surface area (Å²) in [5.74, 6) is -1.64. The van der Waals surface area contributed by atoms with Gasteiger partial charge in [0.05, 0.1) is 45.5 Å². The van der Waals surface area contributed by atoms with Crippen LogP contribution in [0.3, 0.4) is 0 Å². The summed E-state index contributed by atoms with van der Waals surface area (Å²) >= 11 is 10.6. The molecule has 0 spiro atoms. The molecule has 0 aromatic heterocycles. The second kappa shape index (κ2) is 16.2. The van der Waals surface area contributed by atoms with E-state index in [-0.39, 0.29) is 10.3 Å². The number of nitrogens with zero attached hydrogens (tertiary/aromatic N) is 1. The van der Waals surface area contributed by atoms with E-state index in [0.29, 0.717) is 18.2 Å². The Morgan fingerprint density at radius 1 is 0.857 bits per heavy atom. The van der Waals surface area contributed by atoms with E-state index in [1.807, 2.05) is 13.8 Å². The zero-order valence-corrected chi connectivity index (χ0v) is 19.9. The van der Waals surface area contributed by atoms with Gasteiger partial charge in [-0.1, -0.05) is 53.4 Å². The molecule has 0 aliphatic rings. The molecule has 1 atom stereocenters. The van der Waals surface area contributed by atoms with Gasteiger partial charge >= 0.3 is 11.9 Å². The third-order valence-corrected chi connectivity index (χ3v) is 6.01. The summed E-state index contributed by atoms with van der Waals surface area (Å²) in [6.07, 6.45) is 7.32. The number of thiol groups is 1. The molecule has 0 aromatic carbocycles. The predicted octanol–water partition coefficient (Wildman–Crippen LogP) is 5.27. The van der Waals surface area contributed by atoms with Crippen LogP contribution in [0.1, 0.15) is 85.5 Å². The third kappa shape index (κ3) is 10.8. The molecule has 0 aliphatic heterocycles. The van der Waals surface area contributed by atoms with Gasteiger partial charge in [-0.15, -0.1) is 0 Å². The van der Waals surface area contributed by atoms with Crippen LogP contribution >= 0.6 is 25.0 Å². The van der Waals surface area contributed by atoms with Crippen LogP contribution in [-0.4, -0.2) is 47.1 Å². The number of quaternary nitrogens is 1. The largest absolute Gasteiger partial charge is 0.466 e. The highest BCUT2D eigenvalue weighted by Crippen LogP contribution is 2.25. The van der Waals surface area contributed by atoms with Crippen molar-refractivity contribution in [3.05, 3.63) is 0 Å². The van der Waals surface area contributed by atoms with Gasteiger partial charge in [0.15, 0.2) is 5.92 Å². The molecule has 0 aliphatic carbocycles. The van der Waals surface area contributed by atoms with E-state index >= 15 is 0 Å². The average Bonchev–Trinajstić information content (AvgIpc) is 2.68. The molecular weight excluding hydrogens is 394 g/mol. The number of esters is 2. The molecule has 0 amide bonds. The van der Waals surface area contributed by atoms with Crippen LogP contribution in [0, 0.1) is 5.92 Å². The van der Waals surface area contributed by atoms with E-state index in [2.05, 4.69) is 13.8 Å². The van der Waals surface area contributed by atoms with Crippen LogP contribution in [0.5, 0.6) is 0 Å². The molecule has 0 bridgehead atoms. The topological polar surface area (TPSA) is 52.6 Å². The summed E-state index contributed by atoms with van der Waals surface area (Å²) in [5.41, 5.74) is 0. The smallest absolute Gasteiger partial charge is 0.320 e. The summed E-state index contributed by atoms with van der Waals surface area (Å²) in [6.45, 7) is 10.5. The zero-order valence-electron chi connectivity index (χ0n) is 18.2. The number of hydrogen-bond acceptors (Lipinski definition) is 6. The average molecular weight is 435 g/mol. The highest BCUT2D eigenvalue weighted by atomic mass is 32.1. The van der Waals surface area contributed by atoms with Crippen LogP contribution < -0.4 is 0 Å². The SMILES string of the molecule is CCCCOC(=O)CC(C(=O)OCCCC)C(=S)[N+](S)(CCCC)CCCC. The maximum atomic E-state index is 12.8. The summed E-state index contributed by atoms with van der Waals surface area (Å²) in [4.78, 5) is 25.5. The van der Waals surface area contributed by atoms with Gasteiger partial charge < -0.3 is 9.47 Å². The fourth-order valence-electron chi connectivity index (χ4n) is 2.71. The number of ether oxygens (including phenoxy) is 2. The van der Waals surface area contributed by atoms with Crippen molar-refractivity contribution in [3.63, 3.8) is 0 Å². The molecular formula is C21H40NO4S2+. The lowest BCUT2D eigenvalue weighted by molar-refractivity contribution is -0.695. The first kappa shape index (κ1) is 27.3. The van der Waals surface area contributed by atoms with Crippen LogP contribution in [-0.2, 0) is 19.1 Å². The van der Waals surface area contributed by atoms with Crippen molar-refractivity contribution in [2.45, 2.75) is 85.5 Å². The fraction of sp³-hybridized carbons (Fsp3) is 0.857. The number of carbonyl (C=O) groups excluding carboxylic acids is 2. The Bertz CT molecular complexity index is 463. The molecule has 0 saturated carbocycles. The van der Waals surface area contributed by atoms with Crippen LogP contribution in [0.2, 0.25) is 0 Å². The van der Waals surface area contributed by atoms with E-state index < -0.39 is 17.9 Å². The van der Waals surface area contributed by atoms with E-state index in [9.17, 15) is 9.59 Å². The van der Waals surface area contributed by atoms with Gasteiger partial charge in [0.2, 0.25) is 4.99 Å². The van der Waals surface area contributed by atoms with Crippen molar-refractivity contribution in [2.75, 3.05) is 26.3 Å². The lowest BCUT2D eigenvalue weighted by Crippen LogP contribution is -2.50. The first-order valence-electron chi connectivity index (χ1n) is 10.8. The van der Waals surface area contributed by atoms with Gasteiger partial charge in [0.25, 0.3) is 0 Å². The first-order valence-corrected chi connectivity index (χ1v) is 11.6. The number of carbonyl (C=O) groups is 2. The molecule has 7 heteroatoms. The van der Waals surface area contributed by atoms with Crippen molar-refractivity contribution in [1.29, 1.82) is 0 Å². The molecule has 0 aromatic rings. The van der Waals surface area contributed by atoms with Gasteiger partial charge in [-0.2, -0.15) is 0 Å². The van der Waals surface area contributed by atoms with Gasteiger partial charge in [0.1, 0.15) is 0 Å². The summed E-state index contributed by atoms with van der Waals surface area (Å²) in [5, 5.41) is 0. The Morgan fingerprint density at radius 2 is 1.32 bits per heavy atom. The van der Waals surface area contributed by atoms with Crippen molar-refractivity contribution in [3.8, 4) is 0 Å². The Kier molecular flexibility index (Phi) is 15.8. The number of rotatable bonds is 16. The molecule has 0 fully saturated rings. The fourth-order valence-corrected chi connectivity index (χ4v) is 3.49. The minimum Gasteiger partial charge on any atom is -0.466 e. The van der Waals surface area contributed by atoms with Gasteiger partial charge in [-0.3, -0.25) is 9.59 Å². The molecule has 0 rings (SSSR count). The van der Waals surface area contributed by atoms with Crippen LogP contribution in [0.25, 0.3) is 0 Å². The maximum absolute atomic E-state index is 12.8. The van der Waals surface area contributed by atoms with Crippen LogP contribution in [0.4, 0.5) is 0 Å². The lowest BCUT2D eigenvalue weighted by atomic mass is 10.0. The highest BCUT2D eigenvalue weighted by molar-refractivity contribution is 7.82. The summed E-state index contributed by atoms with van der Waals surface area (Å²) < 4.78 is 10.9. The van der Waals surface area contributed by atoms with Crippen molar-refractivity contribution >= 4 is 42.0 Å². The van der Waals surface area contributed by atoms with E-state index in [1.54, 1.807) is 0 Å². The van der Waals surface area contributed by atoms with E-state index in [1.165, 1.54) is 0 Å². The quantitative estimate of drug-likeness (QED) is 0.118. The molecule has 0 heterocycles. The Balaban J connectivity index is 5.35. The van der Waals surface area contributed by atoms with E-state index in [0.717, 1.165) is 64.5 Å². The summed E-state index contributed by atoms with van der Waals surface area (Å²) in [7, 11) is 0. The summed E-state index contributed by atoms with van der Waals surface area (Å²) in [6, 6.07) is 0. The maximum Gasteiger partial charge on any atom is 0.320 e. The van der Waals surface area contributed by atoms with Crippen molar-refractivity contribution in [1.82, 2.24) is 0 Å². The van der Waals surface area contributed by atoms with Gasteiger partial charge in [-0.05, 0) is 37.9 Å². The standard InChI is InChI=1S/C21H40NO4S2/c1-5-9-13-22(28,14-10-6-2)20(27)18(21(24)26-16-12-8-4)17-19(23)25-15-11-7-3/h18,28H,5-17H2,1-4H3/q+1. The van der Waals surface area contributed by atoms with Crippen LogP contribution in [0.15, 0.2) is 0 Å². The third-order valence-electron chi connectivity index (χ3n) is 4.63. The normalized spacial score (nSPS) is 12.5. The molecule has 0 radical (unpaired) electrons.